The van der Waals surface area contributed by atoms with Gasteiger partial charge in [0.2, 0.25) is 0 Å². The number of rotatable bonds is 4. The van der Waals surface area contributed by atoms with Crippen LogP contribution in [0.4, 0.5) is 4.39 Å². The van der Waals surface area contributed by atoms with Gasteiger partial charge in [0.15, 0.2) is 5.11 Å². The zero-order valence-electron chi connectivity index (χ0n) is 18.6. The first kappa shape index (κ1) is 21.1. The number of aromatic nitrogens is 2. The van der Waals surface area contributed by atoms with Crippen LogP contribution < -0.4 is 5.32 Å². The van der Waals surface area contributed by atoms with E-state index in [9.17, 15) is 4.39 Å². The number of halogens is 1. The van der Waals surface area contributed by atoms with Crippen LogP contribution >= 0.6 is 12.2 Å². The normalized spacial score (nSPS) is 21.7. The SMILES string of the molecule is Cc1cc([C@@H]2[C@@H](c3ccccn3)NC(=S)N2C2CCCCC2)c(C)n1-c1ccccc1F. The molecule has 2 aromatic heterocycles. The fourth-order valence-corrected chi connectivity index (χ4v) is 5.93. The van der Waals surface area contributed by atoms with E-state index >= 15 is 0 Å². The molecule has 3 heterocycles. The van der Waals surface area contributed by atoms with E-state index in [1.165, 1.54) is 30.9 Å². The van der Waals surface area contributed by atoms with Crippen LogP contribution in [0.2, 0.25) is 0 Å². The van der Waals surface area contributed by atoms with Crippen molar-refractivity contribution < 1.29 is 4.39 Å². The van der Waals surface area contributed by atoms with Gasteiger partial charge in [-0.1, -0.05) is 37.5 Å². The summed E-state index contributed by atoms with van der Waals surface area (Å²) in [7, 11) is 0. The summed E-state index contributed by atoms with van der Waals surface area (Å²) in [6, 6.07) is 15.6. The van der Waals surface area contributed by atoms with Crippen molar-refractivity contribution in [3.8, 4) is 5.69 Å². The van der Waals surface area contributed by atoms with Gasteiger partial charge in [-0.25, -0.2) is 4.39 Å². The van der Waals surface area contributed by atoms with Gasteiger partial charge in [-0.05, 0) is 74.8 Å². The minimum atomic E-state index is -0.216. The van der Waals surface area contributed by atoms with Crippen molar-refractivity contribution in [2.45, 2.75) is 64.1 Å². The predicted octanol–water partition coefficient (Wildman–Crippen LogP) is 5.93. The molecule has 1 aliphatic heterocycles. The lowest BCUT2D eigenvalue weighted by Crippen LogP contribution is -2.40. The Hall–Kier alpha value is -2.73. The molecule has 3 aromatic rings. The molecule has 1 saturated heterocycles. The van der Waals surface area contributed by atoms with Crippen LogP contribution in [-0.4, -0.2) is 25.6 Å². The van der Waals surface area contributed by atoms with Crippen LogP contribution in [0.3, 0.4) is 0 Å². The zero-order chi connectivity index (χ0) is 22.2. The van der Waals surface area contributed by atoms with Crippen molar-refractivity contribution in [3.63, 3.8) is 0 Å². The lowest BCUT2D eigenvalue weighted by Gasteiger charge is -2.37. The summed E-state index contributed by atoms with van der Waals surface area (Å²) in [6.07, 6.45) is 7.90. The topological polar surface area (TPSA) is 33.1 Å². The summed E-state index contributed by atoms with van der Waals surface area (Å²) in [6.45, 7) is 4.13. The Kier molecular flexibility index (Phi) is 5.72. The first-order valence-electron chi connectivity index (χ1n) is 11.5. The molecule has 0 bridgehead atoms. The third kappa shape index (κ3) is 3.60. The summed E-state index contributed by atoms with van der Waals surface area (Å²) in [5.41, 5.74) is 4.81. The molecule has 4 nitrogen and oxygen atoms in total. The van der Waals surface area contributed by atoms with Crippen molar-refractivity contribution in [1.82, 2.24) is 19.8 Å². The number of thiocarbonyl (C=S) groups is 1. The molecule has 166 valence electrons. The van der Waals surface area contributed by atoms with E-state index in [0.717, 1.165) is 35.0 Å². The third-order valence-electron chi connectivity index (χ3n) is 6.99. The first-order chi connectivity index (χ1) is 15.6. The van der Waals surface area contributed by atoms with Crippen LogP contribution in [-0.2, 0) is 0 Å². The Morgan fingerprint density at radius 3 is 2.50 bits per heavy atom. The second kappa shape index (κ2) is 8.66. The summed E-state index contributed by atoms with van der Waals surface area (Å²) in [4.78, 5) is 7.08. The van der Waals surface area contributed by atoms with E-state index in [1.54, 1.807) is 6.07 Å². The molecular formula is C26H29FN4S. The molecule has 0 radical (unpaired) electrons. The molecule has 1 aliphatic carbocycles. The standard InChI is InChI=1S/C26H29FN4S/c1-17-16-20(18(2)30(17)23-14-7-6-12-21(23)27)25-24(22-13-8-9-15-28-22)29-26(32)31(25)19-10-4-3-5-11-19/h6-9,12-16,19,24-25H,3-5,10-11H2,1-2H3,(H,29,32)/t24-,25-/m1/s1. The van der Waals surface area contributed by atoms with Gasteiger partial charge in [0.25, 0.3) is 0 Å². The molecule has 2 atom stereocenters. The van der Waals surface area contributed by atoms with Crippen LogP contribution in [0.5, 0.6) is 0 Å². The monoisotopic (exact) mass is 448 g/mol. The van der Waals surface area contributed by atoms with E-state index < -0.39 is 0 Å². The fraction of sp³-hybridized carbons (Fsp3) is 0.385. The molecule has 2 fully saturated rings. The molecule has 1 aromatic carbocycles. The van der Waals surface area contributed by atoms with Crippen LogP contribution in [0, 0.1) is 19.7 Å². The van der Waals surface area contributed by atoms with Crippen molar-refractivity contribution in [2.75, 3.05) is 0 Å². The summed E-state index contributed by atoms with van der Waals surface area (Å²) in [5, 5.41) is 4.38. The Labute approximate surface area is 194 Å². The van der Waals surface area contributed by atoms with Gasteiger partial charge in [-0.2, -0.15) is 0 Å². The number of hydrogen-bond donors (Lipinski definition) is 1. The average molecular weight is 449 g/mol. The Balaban J connectivity index is 1.64. The number of hydrogen-bond acceptors (Lipinski definition) is 2. The maximum Gasteiger partial charge on any atom is 0.170 e. The molecule has 2 aliphatic rings. The van der Waals surface area contributed by atoms with E-state index in [0.29, 0.717) is 11.7 Å². The number of benzene rings is 1. The minimum Gasteiger partial charge on any atom is -0.352 e. The van der Waals surface area contributed by atoms with Gasteiger partial charge in [0, 0.05) is 23.6 Å². The number of pyridine rings is 1. The van der Waals surface area contributed by atoms with Crippen LogP contribution in [0.1, 0.15) is 66.8 Å². The lowest BCUT2D eigenvalue weighted by atomic mass is 9.90. The number of para-hydroxylation sites is 1. The maximum atomic E-state index is 14.7. The smallest absolute Gasteiger partial charge is 0.170 e. The Morgan fingerprint density at radius 1 is 1.03 bits per heavy atom. The van der Waals surface area contributed by atoms with Crippen molar-refractivity contribution in [1.29, 1.82) is 0 Å². The molecule has 1 saturated carbocycles. The quantitative estimate of drug-likeness (QED) is 0.501. The average Bonchev–Trinajstić information content (AvgIpc) is 3.31. The Bertz CT molecular complexity index is 1120. The minimum absolute atomic E-state index is 0.0206. The molecule has 6 heteroatoms. The van der Waals surface area contributed by atoms with Gasteiger partial charge in [0.1, 0.15) is 5.82 Å². The van der Waals surface area contributed by atoms with E-state index in [-0.39, 0.29) is 17.9 Å². The van der Waals surface area contributed by atoms with E-state index in [4.69, 9.17) is 12.2 Å². The van der Waals surface area contributed by atoms with Crippen molar-refractivity contribution in [2.24, 2.45) is 0 Å². The number of nitrogens with zero attached hydrogens (tertiary/aromatic N) is 3. The molecule has 0 spiro atoms. The van der Waals surface area contributed by atoms with Gasteiger partial charge in [-0.3, -0.25) is 4.98 Å². The van der Waals surface area contributed by atoms with Gasteiger partial charge < -0.3 is 14.8 Å². The third-order valence-corrected chi connectivity index (χ3v) is 7.31. The van der Waals surface area contributed by atoms with Gasteiger partial charge in [0.05, 0.1) is 23.5 Å². The number of aryl methyl sites for hydroxylation is 1. The first-order valence-corrected chi connectivity index (χ1v) is 11.9. The lowest BCUT2D eigenvalue weighted by molar-refractivity contribution is 0.197. The zero-order valence-corrected chi connectivity index (χ0v) is 19.4. The predicted molar refractivity (Wildman–Crippen MR) is 129 cm³/mol. The van der Waals surface area contributed by atoms with Crippen LogP contribution in [0.25, 0.3) is 5.69 Å². The highest BCUT2D eigenvalue weighted by Gasteiger charge is 2.44. The molecule has 5 rings (SSSR count). The van der Waals surface area contributed by atoms with Gasteiger partial charge >= 0.3 is 0 Å². The highest BCUT2D eigenvalue weighted by Crippen LogP contribution is 2.44. The van der Waals surface area contributed by atoms with Crippen LogP contribution in [0.15, 0.2) is 54.7 Å². The fourth-order valence-electron chi connectivity index (χ4n) is 5.54. The van der Waals surface area contributed by atoms with Crippen molar-refractivity contribution >= 4 is 17.3 Å². The number of nitrogens with one attached hydrogen (secondary N) is 1. The highest BCUT2D eigenvalue weighted by molar-refractivity contribution is 7.80. The second-order valence-electron chi connectivity index (χ2n) is 8.94. The molecule has 1 N–H and O–H groups in total. The largest absolute Gasteiger partial charge is 0.352 e. The molecule has 32 heavy (non-hydrogen) atoms. The van der Waals surface area contributed by atoms with E-state index in [2.05, 4.69) is 34.3 Å². The highest BCUT2D eigenvalue weighted by atomic mass is 32.1. The van der Waals surface area contributed by atoms with E-state index in [1.807, 2.05) is 42.0 Å². The van der Waals surface area contributed by atoms with Gasteiger partial charge in [-0.15, -0.1) is 0 Å². The molecule has 0 unspecified atom stereocenters. The van der Waals surface area contributed by atoms with Crippen molar-refractivity contribution in [3.05, 3.63) is 83.2 Å². The second-order valence-corrected chi connectivity index (χ2v) is 9.33. The summed E-state index contributed by atoms with van der Waals surface area (Å²) in [5.74, 6) is -0.216. The summed E-state index contributed by atoms with van der Waals surface area (Å²) < 4.78 is 16.7. The maximum absolute atomic E-state index is 14.7. The molecular weight excluding hydrogens is 419 g/mol. The summed E-state index contributed by atoms with van der Waals surface area (Å²) >= 11 is 5.89. The Morgan fingerprint density at radius 2 is 1.78 bits per heavy atom. The molecule has 0 amide bonds.